The van der Waals surface area contributed by atoms with Crippen molar-refractivity contribution in [2.75, 3.05) is 46.2 Å². The van der Waals surface area contributed by atoms with Gasteiger partial charge in [0.1, 0.15) is 6.61 Å². The Labute approximate surface area is 160 Å². The molecule has 0 bridgehead atoms. The van der Waals surface area contributed by atoms with Gasteiger partial charge < -0.3 is 34.1 Å². The Kier molecular flexibility index (Phi) is 11.5. The van der Waals surface area contributed by atoms with Gasteiger partial charge in [-0.05, 0) is 11.8 Å². The lowest BCUT2D eigenvalue weighted by atomic mass is 9.82. The van der Waals surface area contributed by atoms with E-state index in [0.29, 0.717) is 19.8 Å². The molecule has 1 rings (SSSR count). The lowest BCUT2D eigenvalue weighted by Crippen LogP contribution is -2.58. The van der Waals surface area contributed by atoms with Gasteiger partial charge in [-0.1, -0.05) is 13.8 Å². The summed E-state index contributed by atoms with van der Waals surface area (Å²) in [5, 5.41) is 11.5. The number of aliphatic hydroxyl groups is 1. The van der Waals surface area contributed by atoms with Crippen LogP contribution in [-0.4, -0.2) is 81.7 Å². The zero-order valence-corrected chi connectivity index (χ0v) is 16.6. The summed E-state index contributed by atoms with van der Waals surface area (Å²) in [5.74, 6) is -0.384. The summed E-state index contributed by atoms with van der Waals surface area (Å²) in [6.07, 6.45) is -0.971. The summed E-state index contributed by atoms with van der Waals surface area (Å²) in [6.45, 7) is 8.65. The van der Waals surface area contributed by atoms with Crippen LogP contribution in [0.15, 0.2) is 0 Å². The fraction of sp³-hybridized carbons (Fsp3) is 0.889. The number of carbonyl (C=O) groups is 2. The Morgan fingerprint density at radius 3 is 2.22 bits per heavy atom. The first-order valence-electron chi connectivity index (χ1n) is 9.30. The molecule has 0 aromatic rings. The van der Waals surface area contributed by atoms with E-state index in [9.17, 15) is 9.59 Å². The Morgan fingerprint density at radius 1 is 1.00 bits per heavy atom. The molecule has 0 saturated carbocycles. The van der Waals surface area contributed by atoms with Crippen LogP contribution in [0.25, 0.3) is 0 Å². The molecule has 1 saturated heterocycles. The smallest absolute Gasteiger partial charge is 0.302 e. The van der Waals surface area contributed by atoms with E-state index >= 15 is 0 Å². The average molecular weight is 391 g/mol. The van der Waals surface area contributed by atoms with Crippen LogP contribution in [0.1, 0.15) is 27.7 Å². The predicted octanol–water partition coefficient (Wildman–Crippen LogP) is 0.0934. The molecule has 5 atom stereocenters. The third-order valence-electron chi connectivity index (χ3n) is 4.52. The van der Waals surface area contributed by atoms with Crippen molar-refractivity contribution in [1.82, 2.24) is 5.32 Å². The maximum absolute atomic E-state index is 11.6. The first-order chi connectivity index (χ1) is 12.9. The third kappa shape index (κ3) is 8.98. The zero-order valence-electron chi connectivity index (χ0n) is 16.6. The monoisotopic (exact) mass is 391 g/mol. The summed E-state index contributed by atoms with van der Waals surface area (Å²) in [5.41, 5.74) is 0. The quantitative estimate of drug-likeness (QED) is 0.356. The Morgan fingerprint density at radius 2 is 1.63 bits per heavy atom. The second-order valence-corrected chi connectivity index (χ2v) is 6.61. The molecule has 1 fully saturated rings. The summed E-state index contributed by atoms with van der Waals surface area (Å²) in [6, 6.07) is -0.307. The van der Waals surface area contributed by atoms with Gasteiger partial charge in [-0.3, -0.25) is 9.59 Å². The number of carbonyl (C=O) groups excluding carboxylic acids is 2. The van der Waals surface area contributed by atoms with Crippen LogP contribution < -0.4 is 5.32 Å². The highest BCUT2D eigenvalue weighted by Gasteiger charge is 2.42. The fourth-order valence-corrected chi connectivity index (χ4v) is 2.87. The normalized spacial score (nSPS) is 28.0. The minimum absolute atomic E-state index is 0.0161. The van der Waals surface area contributed by atoms with E-state index < -0.39 is 6.29 Å². The van der Waals surface area contributed by atoms with E-state index in [2.05, 4.69) is 5.32 Å². The Bertz CT molecular complexity index is 445. The summed E-state index contributed by atoms with van der Waals surface area (Å²) in [4.78, 5) is 22.7. The highest BCUT2D eigenvalue weighted by atomic mass is 16.7. The SMILES string of the molecule is CC(=O)N[C@H]1[C@H](OCCOCCOCCO)O[C@H](COC(C)=O)[C@H](C)[C@@H]1C. The van der Waals surface area contributed by atoms with Crippen LogP contribution in [0.2, 0.25) is 0 Å². The minimum atomic E-state index is -0.658. The lowest BCUT2D eigenvalue weighted by molar-refractivity contribution is -0.247. The van der Waals surface area contributed by atoms with Crippen molar-refractivity contribution < 1.29 is 38.4 Å². The van der Waals surface area contributed by atoms with E-state index in [0.717, 1.165) is 0 Å². The lowest BCUT2D eigenvalue weighted by Gasteiger charge is -2.44. The van der Waals surface area contributed by atoms with Crippen LogP contribution in [0.4, 0.5) is 0 Å². The molecule has 2 N–H and O–H groups in total. The number of nitrogens with one attached hydrogen (secondary N) is 1. The number of hydrogen-bond acceptors (Lipinski definition) is 8. The van der Waals surface area contributed by atoms with E-state index in [-0.39, 0.29) is 62.3 Å². The Hall–Kier alpha value is -1.26. The van der Waals surface area contributed by atoms with Gasteiger partial charge in [-0.2, -0.15) is 0 Å². The highest BCUT2D eigenvalue weighted by Crippen LogP contribution is 2.31. The van der Waals surface area contributed by atoms with Gasteiger partial charge >= 0.3 is 5.97 Å². The van der Waals surface area contributed by atoms with Gasteiger partial charge in [-0.15, -0.1) is 0 Å². The molecule has 0 aliphatic carbocycles. The van der Waals surface area contributed by atoms with Gasteiger partial charge in [0.25, 0.3) is 0 Å². The molecule has 1 aliphatic rings. The van der Waals surface area contributed by atoms with Gasteiger partial charge in [-0.25, -0.2) is 0 Å². The van der Waals surface area contributed by atoms with Crippen LogP contribution in [0, 0.1) is 11.8 Å². The molecule has 27 heavy (non-hydrogen) atoms. The molecule has 0 spiro atoms. The maximum Gasteiger partial charge on any atom is 0.302 e. The summed E-state index contributed by atoms with van der Waals surface area (Å²) >= 11 is 0. The Balaban J connectivity index is 2.51. The molecule has 1 aliphatic heterocycles. The molecule has 0 unspecified atom stereocenters. The fourth-order valence-electron chi connectivity index (χ4n) is 2.87. The van der Waals surface area contributed by atoms with Crippen LogP contribution >= 0.6 is 0 Å². The minimum Gasteiger partial charge on any atom is -0.463 e. The predicted molar refractivity (Wildman–Crippen MR) is 95.9 cm³/mol. The van der Waals surface area contributed by atoms with Crippen LogP contribution in [0.5, 0.6) is 0 Å². The van der Waals surface area contributed by atoms with Crippen molar-refractivity contribution >= 4 is 11.9 Å². The number of aliphatic hydroxyl groups excluding tert-OH is 1. The molecule has 0 aromatic heterocycles. The third-order valence-corrected chi connectivity index (χ3v) is 4.52. The largest absolute Gasteiger partial charge is 0.463 e. The van der Waals surface area contributed by atoms with Crippen molar-refractivity contribution in [3.8, 4) is 0 Å². The van der Waals surface area contributed by atoms with Crippen LogP contribution in [0.3, 0.4) is 0 Å². The van der Waals surface area contributed by atoms with E-state index in [1.165, 1.54) is 13.8 Å². The highest BCUT2D eigenvalue weighted by molar-refractivity contribution is 5.73. The zero-order chi connectivity index (χ0) is 20.2. The molecule has 0 radical (unpaired) electrons. The molecule has 158 valence electrons. The molecular formula is C18H33NO8. The molecule has 0 aromatic carbocycles. The van der Waals surface area contributed by atoms with Gasteiger partial charge in [0, 0.05) is 13.8 Å². The van der Waals surface area contributed by atoms with E-state index in [1.807, 2.05) is 13.8 Å². The standard InChI is InChI=1S/C18H33NO8/c1-12-13(2)17(19-14(3)21)18(27-16(12)11-26-15(4)22)25-10-9-24-8-7-23-6-5-20/h12-13,16-18,20H,5-11H2,1-4H3,(H,19,21)/t12-,13+,16-,17-,18-/m1/s1. The van der Waals surface area contributed by atoms with Crippen molar-refractivity contribution in [2.24, 2.45) is 11.8 Å². The molecular weight excluding hydrogens is 358 g/mol. The van der Waals surface area contributed by atoms with Crippen molar-refractivity contribution in [1.29, 1.82) is 0 Å². The summed E-state index contributed by atoms with van der Waals surface area (Å²) < 4.78 is 27.4. The molecule has 9 nitrogen and oxygen atoms in total. The second-order valence-electron chi connectivity index (χ2n) is 6.61. The first-order valence-corrected chi connectivity index (χ1v) is 9.30. The topological polar surface area (TPSA) is 113 Å². The average Bonchev–Trinajstić information content (AvgIpc) is 2.61. The number of amides is 1. The molecule has 1 heterocycles. The molecule has 9 heteroatoms. The first kappa shape index (κ1) is 23.8. The van der Waals surface area contributed by atoms with Crippen LogP contribution in [-0.2, 0) is 33.3 Å². The number of rotatable bonds is 12. The summed E-state index contributed by atoms with van der Waals surface area (Å²) in [7, 11) is 0. The molecule has 1 amide bonds. The van der Waals surface area contributed by atoms with Crippen molar-refractivity contribution in [3.05, 3.63) is 0 Å². The number of ether oxygens (including phenoxy) is 5. The van der Waals surface area contributed by atoms with E-state index in [4.69, 9.17) is 28.8 Å². The van der Waals surface area contributed by atoms with Gasteiger partial charge in [0.05, 0.1) is 51.8 Å². The van der Waals surface area contributed by atoms with Gasteiger partial charge in [0.2, 0.25) is 5.91 Å². The van der Waals surface area contributed by atoms with Gasteiger partial charge in [0.15, 0.2) is 6.29 Å². The number of hydrogen-bond donors (Lipinski definition) is 2. The second kappa shape index (κ2) is 13.0. The van der Waals surface area contributed by atoms with E-state index in [1.54, 1.807) is 0 Å². The van der Waals surface area contributed by atoms with Crippen molar-refractivity contribution in [2.45, 2.75) is 46.1 Å². The van der Waals surface area contributed by atoms with Crippen molar-refractivity contribution in [3.63, 3.8) is 0 Å². The number of esters is 1. The maximum atomic E-state index is 11.6.